The summed E-state index contributed by atoms with van der Waals surface area (Å²) >= 11 is 0. The SMILES string of the molecule is CCN(CCNC(C)C)C(=O)O/N=C(\C)[C@H]1CC[C@H]2[C@@H]3CC[C@H]4C[C@@H](O)CC[C@]4(C)[C@H]3CC[C@]12C. The molecule has 4 rings (SSSR count). The zero-order chi connectivity index (χ0) is 25.4. The summed E-state index contributed by atoms with van der Waals surface area (Å²) in [6, 6.07) is 0.401. The number of nitrogens with zero attached hydrogens (tertiary/aromatic N) is 2. The molecule has 0 radical (unpaired) electrons. The second kappa shape index (κ2) is 10.7. The van der Waals surface area contributed by atoms with Crippen LogP contribution in [0.5, 0.6) is 0 Å². The molecule has 1 amide bonds. The van der Waals surface area contributed by atoms with E-state index in [1.165, 1.54) is 38.5 Å². The lowest BCUT2D eigenvalue weighted by atomic mass is 9.44. The molecule has 0 bridgehead atoms. The summed E-state index contributed by atoms with van der Waals surface area (Å²) in [5.41, 5.74) is 1.66. The maximum Gasteiger partial charge on any atom is 0.436 e. The number of nitrogens with one attached hydrogen (secondary N) is 1. The molecule has 2 N–H and O–H groups in total. The lowest BCUT2D eigenvalue weighted by Gasteiger charge is -2.61. The topological polar surface area (TPSA) is 74.2 Å². The lowest BCUT2D eigenvalue weighted by molar-refractivity contribution is -0.123. The summed E-state index contributed by atoms with van der Waals surface area (Å²) in [4.78, 5) is 19.9. The Hall–Kier alpha value is -1.14. The third-order valence-corrected chi connectivity index (χ3v) is 11.0. The number of hydrogen-bond donors (Lipinski definition) is 2. The highest BCUT2D eigenvalue weighted by Gasteiger charge is 2.60. The van der Waals surface area contributed by atoms with Gasteiger partial charge < -0.3 is 15.3 Å². The fourth-order valence-corrected chi connectivity index (χ4v) is 9.02. The molecule has 0 unspecified atom stereocenters. The Bertz CT molecular complexity index is 785. The number of fused-ring (bicyclic) bond motifs is 5. The molecule has 4 aliphatic rings. The summed E-state index contributed by atoms with van der Waals surface area (Å²) in [7, 11) is 0. The molecule has 4 saturated carbocycles. The van der Waals surface area contributed by atoms with Gasteiger partial charge in [0.25, 0.3) is 0 Å². The van der Waals surface area contributed by atoms with Crippen molar-refractivity contribution in [3.05, 3.63) is 0 Å². The Morgan fingerprint density at radius 3 is 2.51 bits per heavy atom. The van der Waals surface area contributed by atoms with Crippen LogP contribution in [0.2, 0.25) is 0 Å². The Labute approximate surface area is 213 Å². The monoisotopic (exact) mass is 489 g/mol. The zero-order valence-corrected chi connectivity index (χ0v) is 23.2. The normalized spacial score (nSPS) is 41.2. The first-order chi connectivity index (χ1) is 16.6. The van der Waals surface area contributed by atoms with Gasteiger partial charge in [0.1, 0.15) is 0 Å². The number of amides is 1. The largest absolute Gasteiger partial charge is 0.436 e. The van der Waals surface area contributed by atoms with E-state index in [0.717, 1.165) is 49.3 Å². The molecule has 6 heteroatoms. The molecule has 0 aromatic carbocycles. The van der Waals surface area contributed by atoms with E-state index in [2.05, 4.69) is 45.1 Å². The van der Waals surface area contributed by atoms with Crippen LogP contribution in [0.15, 0.2) is 5.16 Å². The van der Waals surface area contributed by atoms with Gasteiger partial charge in [-0.3, -0.25) is 4.84 Å². The van der Waals surface area contributed by atoms with Gasteiger partial charge >= 0.3 is 6.09 Å². The minimum atomic E-state index is -0.341. The van der Waals surface area contributed by atoms with Crippen molar-refractivity contribution in [2.24, 2.45) is 45.6 Å². The molecule has 0 aromatic rings. The summed E-state index contributed by atoms with van der Waals surface area (Å²) in [5.74, 6) is 3.45. The van der Waals surface area contributed by atoms with E-state index < -0.39 is 0 Å². The van der Waals surface area contributed by atoms with Crippen LogP contribution in [0.1, 0.15) is 99.3 Å². The van der Waals surface area contributed by atoms with E-state index in [4.69, 9.17) is 4.84 Å². The summed E-state index contributed by atoms with van der Waals surface area (Å²) in [6.07, 6.45) is 10.4. The quantitative estimate of drug-likeness (QED) is 0.268. The predicted molar refractivity (Wildman–Crippen MR) is 141 cm³/mol. The van der Waals surface area contributed by atoms with E-state index in [9.17, 15) is 9.90 Å². The molecule has 0 aliphatic heterocycles. The third-order valence-electron chi connectivity index (χ3n) is 11.0. The van der Waals surface area contributed by atoms with Crippen LogP contribution >= 0.6 is 0 Å². The number of aliphatic hydroxyl groups is 1. The minimum absolute atomic E-state index is 0.0778. The second-order valence-electron chi connectivity index (χ2n) is 13.0. The van der Waals surface area contributed by atoms with Crippen LogP contribution in [0, 0.1) is 40.4 Å². The molecule has 6 nitrogen and oxygen atoms in total. The number of oxime groups is 1. The summed E-state index contributed by atoms with van der Waals surface area (Å²) in [6.45, 7) is 15.3. The van der Waals surface area contributed by atoms with Crippen molar-refractivity contribution in [3.8, 4) is 0 Å². The molecule has 35 heavy (non-hydrogen) atoms. The smallest absolute Gasteiger partial charge is 0.393 e. The van der Waals surface area contributed by atoms with E-state index >= 15 is 0 Å². The highest BCUT2D eigenvalue weighted by molar-refractivity contribution is 5.85. The molecule has 0 heterocycles. The molecule has 0 aromatic heterocycles. The van der Waals surface area contributed by atoms with Crippen LogP contribution in [-0.4, -0.2) is 53.6 Å². The number of carbonyl (C=O) groups is 1. The summed E-state index contributed by atoms with van der Waals surface area (Å²) < 4.78 is 0. The van der Waals surface area contributed by atoms with Crippen LogP contribution < -0.4 is 5.32 Å². The van der Waals surface area contributed by atoms with Gasteiger partial charge in [-0.25, -0.2) is 4.79 Å². The van der Waals surface area contributed by atoms with Crippen molar-refractivity contribution in [3.63, 3.8) is 0 Å². The Morgan fingerprint density at radius 2 is 1.80 bits per heavy atom. The van der Waals surface area contributed by atoms with E-state index in [-0.39, 0.29) is 17.6 Å². The van der Waals surface area contributed by atoms with Crippen molar-refractivity contribution in [2.75, 3.05) is 19.6 Å². The molecular weight excluding hydrogens is 438 g/mol. The molecular formula is C29H51N3O3. The number of rotatable bonds is 7. The van der Waals surface area contributed by atoms with Gasteiger partial charge in [-0.1, -0.05) is 32.9 Å². The van der Waals surface area contributed by atoms with Crippen LogP contribution in [0.3, 0.4) is 0 Å². The lowest BCUT2D eigenvalue weighted by Crippen LogP contribution is -2.54. The van der Waals surface area contributed by atoms with Gasteiger partial charge in [0.2, 0.25) is 0 Å². The van der Waals surface area contributed by atoms with Crippen molar-refractivity contribution >= 4 is 11.8 Å². The average molecular weight is 490 g/mol. The number of hydrogen-bond acceptors (Lipinski definition) is 5. The first kappa shape index (κ1) is 26.9. The highest BCUT2D eigenvalue weighted by atomic mass is 16.7. The Balaban J connectivity index is 1.40. The third kappa shape index (κ3) is 5.16. The molecule has 0 saturated heterocycles. The molecule has 8 atom stereocenters. The number of aliphatic hydroxyl groups excluding tert-OH is 1. The van der Waals surface area contributed by atoms with Crippen molar-refractivity contribution in [2.45, 2.75) is 111 Å². The van der Waals surface area contributed by atoms with E-state index in [1.54, 1.807) is 4.90 Å². The molecule has 4 fully saturated rings. The fraction of sp³-hybridized carbons (Fsp3) is 0.931. The highest BCUT2D eigenvalue weighted by Crippen LogP contribution is 2.67. The number of carbonyl (C=O) groups excluding carboxylic acids is 1. The Kier molecular flexibility index (Phi) is 8.22. The second-order valence-corrected chi connectivity index (χ2v) is 13.0. The fourth-order valence-electron chi connectivity index (χ4n) is 9.02. The first-order valence-electron chi connectivity index (χ1n) is 14.5. The maximum absolute atomic E-state index is 12.7. The first-order valence-corrected chi connectivity index (χ1v) is 14.5. The molecule has 0 spiro atoms. The van der Waals surface area contributed by atoms with Gasteiger partial charge in [-0.05, 0) is 106 Å². The van der Waals surface area contributed by atoms with Gasteiger partial charge in [0, 0.05) is 31.6 Å². The molecule has 4 aliphatic carbocycles. The summed E-state index contributed by atoms with van der Waals surface area (Å²) in [5, 5.41) is 18.1. The average Bonchev–Trinajstić information content (AvgIpc) is 3.17. The van der Waals surface area contributed by atoms with Gasteiger partial charge in [-0.15, -0.1) is 0 Å². The standard InChI is InChI=1S/C29H51N3O3/c1-7-32(17-16-30-19(2)3)27(34)35-31-20(4)24-10-11-25-23-9-8-21-18-22(33)12-14-28(21,5)26(23)13-15-29(24,25)6/h19,21-26,30,33H,7-18H2,1-6H3/b31-20+/t21-,22-,23-,24+,25-,26-,28-,29+/m0/s1. The maximum atomic E-state index is 12.7. The van der Waals surface area contributed by atoms with Crippen molar-refractivity contribution in [1.82, 2.24) is 10.2 Å². The Morgan fingerprint density at radius 1 is 1.09 bits per heavy atom. The van der Waals surface area contributed by atoms with Crippen LogP contribution in [0.25, 0.3) is 0 Å². The van der Waals surface area contributed by atoms with Gasteiger partial charge in [0.15, 0.2) is 0 Å². The van der Waals surface area contributed by atoms with Gasteiger partial charge in [0.05, 0.1) is 11.8 Å². The zero-order valence-electron chi connectivity index (χ0n) is 23.2. The molecule has 200 valence electrons. The minimum Gasteiger partial charge on any atom is -0.393 e. The van der Waals surface area contributed by atoms with Crippen molar-refractivity contribution in [1.29, 1.82) is 0 Å². The van der Waals surface area contributed by atoms with E-state index in [0.29, 0.717) is 36.4 Å². The van der Waals surface area contributed by atoms with Crippen LogP contribution in [0.4, 0.5) is 4.79 Å². The van der Waals surface area contributed by atoms with E-state index in [1.807, 2.05) is 6.92 Å². The van der Waals surface area contributed by atoms with Crippen LogP contribution in [-0.2, 0) is 4.84 Å². The van der Waals surface area contributed by atoms with Crippen molar-refractivity contribution < 1.29 is 14.7 Å². The number of likely N-dealkylation sites (N-methyl/N-ethyl adjacent to an activating group) is 1. The predicted octanol–water partition coefficient (Wildman–Crippen LogP) is 5.84. The van der Waals surface area contributed by atoms with Gasteiger partial charge in [-0.2, -0.15) is 0 Å².